The lowest BCUT2D eigenvalue weighted by Crippen LogP contribution is -2.73. The van der Waals surface area contributed by atoms with Crippen molar-refractivity contribution in [1.82, 2.24) is 9.80 Å². The molecule has 1 spiro atoms. The second kappa shape index (κ2) is 6.75. The van der Waals surface area contributed by atoms with Crippen LogP contribution in [0.15, 0.2) is 0 Å². The molecule has 2 aliphatic carbocycles. The summed E-state index contributed by atoms with van der Waals surface area (Å²) in [6, 6.07) is 0.370. The SMILES string of the molecule is O=C(CC1(N2CCOCC2)CCCC1)N1CC2(CCC2)C1C1CCCO1. The molecule has 5 heteroatoms. The van der Waals surface area contributed by atoms with Crippen LogP contribution in [0, 0.1) is 5.41 Å². The smallest absolute Gasteiger partial charge is 0.224 e. The quantitative estimate of drug-likeness (QED) is 0.771. The lowest BCUT2D eigenvalue weighted by atomic mass is 9.56. The van der Waals surface area contributed by atoms with Crippen LogP contribution in [0.2, 0.25) is 0 Å². The Bertz CT molecular complexity index is 529. The van der Waals surface area contributed by atoms with Crippen LogP contribution < -0.4 is 0 Å². The summed E-state index contributed by atoms with van der Waals surface area (Å²) in [7, 11) is 0. The number of rotatable bonds is 4. The van der Waals surface area contributed by atoms with Crippen LogP contribution in [-0.2, 0) is 14.3 Å². The van der Waals surface area contributed by atoms with Gasteiger partial charge in [-0.05, 0) is 38.5 Å². The first kappa shape index (κ1) is 17.4. The summed E-state index contributed by atoms with van der Waals surface area (Å²) in [4.78, 5) is 18.3. The third-order valence-corrected chi connectivity index (χ3v) is 8.13. The minimum atomic E-state index is 0.102. The van der Waals surface area contributed by atoms with E-state index in [0.29, 0.717) is 29.9 Å². The van der Waals surface area contributed by atoms with Gasteiger partial charge in [-0.3, -0.25) is 9.69 Å². The van der Waals surface area contributed by atoms with E-state index in [1.807, 2.05) is 0 Å². The zero-order chi connectivity index (χ0) is 17.6. The largest absolute Gasteiger partial charge is 0.379 e. The average molecular weight is 363 g/mol. The predicted molar refractivity (Wildman–Crippen MR) is 99.0 cm³/mol. The van der Waals surface area contributed by atoms with E-state index in [2.05, 4.69) is 9.80 Å². The van der Waals surface area contributed by atoms with Gasteiger partial charge in [-0.25, -0.2) is 0 Å². The van der Waals surface area contributed by atoms with Crippen LogP contribution in [0.3, 0.4) is 0 Å². The highest BCUT2D eigenvalue weighted by Gasteiger charge is 2.61. The normalized spacial score (nSPS) is 36.1. The highest BCUT2D eigenvalue weighted by molar-refractivity contribution is 5.79. The van der Waals surface area contributed by atoms with Gasteiger partial charge in [0.15, 0.2) is 0 Å². The van der Waals surface area contributed by atoms with Crippen LogP contribution >= 0.6 is 0 Å². The highest BCUT2D eigenvalue weighted by Crippen LogP contribution is 2.56. The summed E-state index contributed by atoms with van der Waals surface area (Å²) in [6.45, 7) is 5.51. The second-order valence-electron chi connectivity index (χ2n) is 9.44. The van der Waals surface area contributed by atoms with Crippen LogP contribution in [0.1, 0.15) is 64.2 Å². The predicted octanol–water partition coefficient (Wildman–Crippen LogP) is 2.58. The zero-order valence-electron chi connectivity index (χ0n) is 16.1. The molecule has 3 heterocycles. The third-order valence-electron chi connectivity index (χ3n) is 8.13. The average Bonchev–Trinajstić information content (AvgIpc) is 3.26. The van der Waals surface area contributed by atoms with Crippen molar-refractivity contribution in [3.63, 3.8) is 0 Å². The molecule has 2 saturated carbocycles. The molecular weight excluding hydrogens is 328 g/mol. The molecule has 0 radical (unpaired) electrons. The first-order chi connectivity index (χ1) is 12.7. The van der Waals surface area contributed by atoms with Crippen molar-refractivity contribution >= 4 is 5.91 Å². The Labute approximate surface area is 157 Å². The van der Waals surface area contributed by atoms with Gasteiger partial charge >= 0.3 is 0 Å². The number of ether oxygens (including phenoxy) is 2. The molecule has 0 aromatic heterocycles. The first-order valence-corrected chi connectivity index (χ1v) is 11.0. The fourth-order valence-electron chi connectivity index (χ4n) is 6.58. The lowest BCUT2D eigenvalue weighted by molar-refractivity contribution is -0.190. The summed E-state index contributed by atoms with van der Waals surface area (Å²) in [5.74, 6) is 0.399. The minimum absolute atomic E-state index is 0.102. The number of likely N-dealkylation sites (tertiary alicyclic amines) is 1. The lowest BCUT2D eigenvalue weighted by Gasteiger charge is -2.64. The minimum Gasteiger partial charge on any atom is -0.379 e. The van der Waals surface area contributed by atoms with Gasteiger partial charge < -0.3 is 14.4 Å². The molecule has 0 aromatic carbocycles. The van der Waals surface area contributed by atoms with E-state index in [9.17, 15) is 4.79 Å². The molecule has 146 valence electrons. The maximum atomic E-state index is 13.4. The number of hydrogen-bond acceptors (Lipinski definition) is 4. The monoisotopic (exact) mass is 362 g/mol. The topological polar surface area (TPSA) is 42.0 Å². The Hall–Kier alpha value is -0.650. The fourth-order valence-corrected chi connectivity index (χ4v) is 6.58. The molecule has 2 unspecified atom stereocenters. The van der Waals surface area contributed by atoms with Crippen molar-refractivity contribution in [2.24, 2.45) is 5.41 Å². The van der Waals surface area contributed by atoms with Gasteiger partial charge in [-0.2, -0.15) is 0 Å². The van der Waals surface area contributed by atoms with E-state index < -0.39 is 0 Å². The molecule has 5 rings (SSSR count). The Morgan fingerprint density at radius 2 is 1.73 bits per heavy atom. The van der Waals surface area contributed by atoms with E-state index in [1.165, 1.54) is 44.9 Å². The fraction of sp³-hybridized carbons (Fsp3) is 0.952. The van der Waals surface area contributed by atoms with Crippen molar-refractivity contribution in [2.75, 3.05) is 39.5 Å². The molecule has 2 atom stereocenters. The molecular formula is C21H34N2O3. The standard InChI is InChI=1S/C21H34N2O3/c24-18(15-21(8-1-2-9-21)22-10-13-25-14-11-22)23-16-20(6-4-7-20)19(23)17-5-3-12-26-17/h17,19H,1-16H2. The maximum Gasteiger partial charge on any atom is 0.224 e. The van der Waals surface area contributed by atoms with Crippen molar-refractivity contribution in [3.8, 4) is 0 Å². The van der Waals surface area contributed by atoms with Crippen molar-refractivity contribution in [3.05, 3.63) is 0 Å². The Balaban J connectivity index is 1.30. The van der Waals surface area contributed by atoms with E-state index >= 15 is 0 Å². The molecule has 5 nitrogen and oxygen atoms in total. The first-order valence-electron chi connectivity index (χ1n) is 11.0. The van der Waals surface area contributed by atoms with E-state index in [-0.39, 0.29) is 5.54 Å². The maximum absolute atomic E-state index is 13.4. The van der Waals surface area contributed by atoms with Crippen LogP contribution in [0.4, 0.5) is 0 Å². The number of amides is 1. The Morgan fingerprint density at radius 3 is 2.35 bits per heavy atom. The summed E-state index contributed by atoms with van der Waals surface area (Å²) < 4.78 is 11.6. The molecule has 3 saturated heterocycles. The Kier molecular flexibility index (Phi) is 4.53. The number of nitrogens with zero attached hydrogens (tertiary/aromatic N) is 2. The molecule has 0 N–H and O–H groups in total. The molecule has 26 heavy (non-hydrogen) atoms. The van der Waals surface area contributed by atoms with Gasteiger partial charge in [-0.1, -0.05) is 19.3 Å². The van der Waals surface area contributed by atoms with Gasteiger partial charge in [0.05, 0.1) is 25.4 Å². The summed E-state index contributed by atoms with van der Waals surface area (Å²) in [5.41, 5.74) is 0.511. The molecule has 5 fully saturated rings. The van der Waals surface area contributed by atoms with Crippen molar-refractivity contribution < 1.29 is 14.3 Å². The van der Waals surface area contributed by atoms with E-state index in [1.54, 1.807) is 0 Å². The van der Waals surface area contributed by atoms with Gasteiger partial charge in [0.2, 0.25) is 5.91 Å². The van der Waals surface area contributed by atoms with Gasteiger partial charge in [0.25, 0.3) is 0 Å². The zero-order valence-corrected chi connectivity index (χ0v) is 16.1. The van der Waals surface area contributed by atoms with Crippen molar-refractivity contribution in [2.45, 2.75) is 81.9 Å². The second-order valence-corrected chi connectivity index (χ2v) is 9.44. The summed E-state index contributed by atoms with van der Waals surface area (Å²) in [6.07, 6.45) is 12.2. The molecule has 1 amide bonds. The van der Waals surface area contributed by atoms with Crippen LogP contribution in [0.25, 0.3) is 0 Å². The number of morpholine rings is 1. The van der Waals surface area contributed by atoms with Gasteiger partial charge in [-0.15, -0.1) is 0 Å². The van der Waals surface area contributed by atoms with E-state index in [0.717, 1.165) is 52.3 Å². The Morgan fingerprint density at radius 1 is 0.962 bits per heavy atom. The van der Waals surface area contributed by atoms with Gasteiger partial charge in [0.1, 0.15) is 0 Å². The summed E-state index contributed by atoms with van der Waals surface area (Å²) in [5, 5.41) is 0. The molecule has 0 bridgehead atoms. The number of carbonyl (C=O) groups excluding carboxylic acids is 1. The van der Waals surface area contributed by atoms with Crippen LogP contribution in [-0.4, -0.2) is 72.8 Å². The summed E-state index contributed by atoms with van der Waals surface area (Å²) >= 11 is 0. The van der Waals surface area contributed by atoms with E-state index in [4.69, 9.17) is 9.47 Å². The third kappa shape index (κ3) is 2.73. The molecule has 0 aromatic rings. The molecule has 3 aliphatic heterocycles. The number of hydrogen-bond donors (Lipinski definition) is 0. The van der Waals surface area contributed by atoms with Gasteiger partial charge in [0, 0.05) is 43.6 Å². The highest BCUT2D eigenvalue weighted by atomic mass is 16.5. The molecule has 5 aliphatic rings. The van der Waals surface area contributed by atoms with Crippen LogP contribution in [0.5, 0.6) is 0 Å². The van der Waals surface area contributed by atoms with Crippen molar-refractivity contribution in [1.29, 1.82) is 0 Å². The number of carbonyl (C=O) groups is 1.